The van der Waals surface area contributed by atoms with E-state index in [4.69, 9.17) is 0 Å². The molecule has 0 aliphatic carbocycles. The lowest BCUT2D eigenvalue weighted by atomic mass is 10.1. The SMILES string of the molecule is C=[C]c1cc(F)ccc1CC. The first-order valence-corrected chi connectivity index (χ1v) is 3.59. The van der Waals surface area contributed by atoms with Crippen molar-refractivity contribution < 1.29 is 4.39 Å². The second kappa shape index (κ2) is 3.33. The van der Waals surface area contributed by atoms with E-state index in [2.05, 4.69) is 12.7 Å². The summed E-state index contributed by atoms with van der Waals surface area (Å²) in [4.78, 5) is 0. The fourth-order valence-electron chi connectivity index (χ4n) is 1.02. The Balaban J connectivity index is 3.16. The van der Waals surface area contributed by atoms with Gasteiger partial charge in [-0.25, -0.2) is 4.39 Å². The van der Waals surface area contributed by atoms with Crippen molar-refractivity contribution in [1.29, 1.82) is 0 Å². The van der Waals surface area contributed by atoms with Crippen LogP contribution < -0.4 is 0 Å². The molecule has 0 saturated heterocycles. The first kappa shape index (κ1) is 7.99. The van der Waals surface area contributed by atoms with Crippen molar-refractivity contribution in [2.45, 2.75) is 13.3 Å². The van der Waals surface area contributed by atoms with Gasteiger partial charge in [-0.1, -0.05) is 19.6 Å². The summed E-state index contributed by atoms with van der Waals surface area (Å²) in [6.07, 6.45) is 3.58. The molecule has 0 amide bonds. The average Bonchev–Trinajstić information content (AvgIpc) is 2.04. The van der Waals surface area contributed by atoms with E-state index in [1.807, 2.05) is 6.92 Å². The van der Waals surface area contributed by atoms with Crippen LogP contribution in [-0.2, 0) is 6.42 Å². The highest BCUT2D eigenvalue weighted by Gasteiger charge is 1.97. The minimum atomic E-state index is -0.228. The zero-order valence-corrected chi connectivity index (χ0v) is 6.52. The zero-order chi connectivity index (χ0) is 8.27. The second-order valence-electron chi connectivity index (χ2n) is 2.33. The number of hydrogen-bond donors (Lipinski definition) is 0. The summed E-state index contributed by atoms with van der Waals surface area (Å²) < 4.78 is 12.6. The third kappa shape index (κ3) is 1.67. The summed E-state index contributed by atoms with van der Waals surface area (Å²) in [5, 5.41) is 0. The standard InChI is InChI=1S/C10H10F/c1-3-8-5-6-10(11)7-9(8)4-2/h5-7H,2-3H2,1H3. The number of rotatable bonds is 2. The molecule has 11 heavy (non-hydrogen) atoms. The van der Waals surface area contributed by atoms with Gasteiger partial charge >= 0.3 is 0 Å². The highest BCUT2D eigenvalue weighted by molar-refractivity contribution is 5.32. The average molecular weight is 149 g/mol. The second-order valence-corrected chi connectivity index (χ2v) is 2.33. The fraction of sp³-hybridized carbons (Fsp3) is 0.200. The molecule has 1 aromatic rings. The maximum absolute atomic E-state index is 12.6. The Bertz CT molecular complexity index is 264. The Labute approximate surface area is 66.4 Å². The molecule has 0 unspecified atom stereocenters. The third-order valence-electron chi connectivity index (χ3n) is 1.64. The third-order valence-corrected chi connectivity index (χ3v) is 1.64. The fourth-order valence-corrected chi connectivity index (χ4v) is 1.02. The molecular formula is C10H10F. The van der Waals surface area contributed by atoms with Gasteiger partial charge < -0.3 is 0 Å². The van der Waals surface area contributed by atoms with Crippen LogP contribution >= 0.6 is 0 Å². The van der Waals surface area contributed by atoms with Crippen molar-refractivity contribution in [1.82, 2.24) is 0 Å². The Morgan fingerprint density at radius 3 is 2.82 bits per heavy atom. The van der Waals surface area contributed by atoms with E-state index < -0.39 is 0 Å². The Kier molecular flexibility index (Phi) is 2.42. The van der Waals surface area contributed by atoms with E-state index in [0.29, 0.717) is 0 Å². The molecule has 1 rings (SSSR count). The molecule has 0 aromatic heterocycles. The van der Waals surface area contributed by atoms with Crippen LogP contribution in [0.25, 0.3) is 0 Å². The Morgan fingerprint density at radius 2 is 2.27 bits per heavy atom. The van der Waals surface area contributed by atoms with Crippen LogP contribution in [0, 0.1) is 11.9 Å². The number of aryl methyl sites for hydroxylation is 1. The molecule has 0 aliphatic heterocycles. The molecule has 0 atom stereocenters. The van der Waals surface area contributed by atoms with Gasteiger partial charge in [0.05, 0.1) is 0 Å². The van der Waals surface area contributed by atoms with Crippen molar-refractivity contribution in [2.75, 3.05) is 0 Å². The summed E-state index contributed by atoms with van der Waals surface area (Å²) in [5.74, 6) is -0.228. The summed E-state index contributed by atoms with van der Waals surface area (Å²) in [6, 6.07) is 4.67. The first-order valence-electron chi connectivity index (χ1n) is 3.59. The van der Waals surface area contributed by atoms with Crippen LogP contribution in [0.15, 0.2) is 24.8 Å². The maximum Gasteiger partial charge on any atom is 0.123 e. The van der Waals surface area contributed by atoms with Gasteiger partial charge in [-0.15, -0.1) is 0 Å². The molecule has 0 saturated carbocycles. The van der Waals surface area contributed by atoms with Gasteiger partial charge in [0.2, 0.25) is 0 Å². The zero-order valence-electron chi connectivity index (χ0n) is 6.52. The van der Waals surface area contributed by atoms with E-state index in [1.54, 1.807) is 6.07 Å². The van der Waals surface area contributed by atoms with Crippen LogP contribution in [-0.4, -0.2) is 0 Å². The largest absolute Gasteiger partial charge is 0.207 e. The minimum absolute atomic E-state index is 0.228. The number of halogens is 1. The smallest absolute Gasteiger partial charge is 0.123 e. The van der Waals surface area contributed by atoms with Crippen LogP contribution in [0.4, 0.5) is 4.39 Å². The van der Waals surface area contributed by atoms with Crippen LogP contribution in [0.3, 0.4) is 0 Å². The van der Waals surface area contributed by atoms with E-state index >= 15 is 0 Å². The molecule has 0 spiro atoms. The molecule has 1 heteroatoms. The lowest BCUT2D eigenvalue weighted by molar-refractivity contribution is 0.626. The highest BCUT2D eigenvalue weighted by Crippen LogP contribution is 2.11. The van der Waals surface area contributed by atoms with Crippen molar-refractivity contribution in [2.24, 2.45) is 0 Å². The summed E-state index contributed by atoms with van der Waals surface area (Å²) >= 11 is 0. The van der Waals surface area contributed by atoms with Crippen molar-refractivity contribution in [3.05, 3.63) is 47.8 Å². The molecule has 0 N–H and O–H groups in total. The summed E-state index contributed by atoms with van der Waals surface area (Å²) in [6.45, 7) is 5.51. The predicted molar refractivity (Wildman–Crippen MR) is 43.8 cm³/mol. The van der Waals surface area contributed by atoms with E-state index in [0.717, 1.165) is 17.5 Å². The van der Waals surface area contributed by atoms with Crippen molar-refractivity contribution in [3.63, 3.8) is 0 Å². The van der Waals surface area contributed by atoms with Gasteiger partial charge in [0.15, 0.2) is 0 Å². The topological polar surface area (TPSA) is 0 Å². The van der Waals surface area contributed by atoms with Gasteiger partial charge in [0.1, 0.15) is 5.82 Å². The lowest BCUT2D eigenvalue weighted by Gasteiger charge is -2.00. The monoisotopic (exact) mass is 149 g/mol. The van der Waals surface area contributed by atoms with Gasteiger partial charge in [-0.2, -0.15) is 0 Å². The lowest BCUT2D eigenvalue weighted by Crippen LogP contribution is -1.87. The number of benzene rings is 1. The normalized spacial score (nSPS) is 9.64. The molecule has 57 valence electrons. The van der Waals surface area contributed by atoms with E-state index in [9.17, 15) is 4.39 Å². The van der Waals surface area contributed by atoms with Crippen LogP contribution in [0.2, 0.25) is 0 Å². The highest BCUT2D eigenvalue weighted by atomic mass is 19.1. The Morgan fingerprint density at radius 1 is 1.55 bits per heavy atom. The molecular weight excluding hydrogens is 139 g/mol. The Hall–Kier alpha value is -1.11. The molecule has 0 aliphatic rings. The number of hydrogen-bond acceptors (Lipinski definition) is 0. The molecule has 1 aromatic carbocycles. The van der Waals surface area contributed by atoms with E-state index in [1.165, 1.54) is 12.1 Å². The maximum atomic E-state index is 12.6. The quantitative estimate of drug-likeness (QED) is 0.606. The van der Waals surface area contributed by atoms with Crippen molar-refractivity contribution in [3.8, 4) is 0 Å². The van der Waals surface area contributed by atoms with Gasteiger partial charge in [0.25, 0.3) is 0 Å². The molecule has 0 fully saturated rings. The molecule has 0 heterocycles. The van der Waals surface area contributed by atoms with Gasteiger partial charge in [0, 0.05) is 0 Å². The van der Waals surface area contributed by atoms with Crippen LogP contribution in [0.5, 0.6) is 0 Å². The van der Waals surface area contributed by atoms with E-state index in [-0.39, 0.29) is 5.82 Å². The predicted octanol–water partition coefficient (Wildman–Crippen LogP) is 2.73. The summed E-state index contributed by atoms with van der Waals surface area (Å²) in [5.41, 5.74) is 1.86. The molecule has 1 radical (unpaired) electrons. The van der Waals surface area contributed by atoms with Gasteiger partial charge in [-0.3, -0.25) is 0 Å². The van der Waals surface area contributed by atoms with Gasteiger partial charge in [-0.05, 0) is 35.8 Å². The first-order chi connectivity index (χ1) is 5.27. The van der Waals surface area contributed by atoms with Crippen LogP contribution in [0.1, 0.15) is 18.1 Å². The minimum Gasteiger partial charge on any atom is -0.207 e. The summed E-state index contributed by atoms with van der Waals surface area (Å²) in [7, 11) is 0. The molecule has 0 nitrogen and oxygen atoms in total. The molecule has 0 bridgehead atoms. The van der Waals surface area contributed by atoms with Crippen molar-refractivity contribution >= 4 is 0 Å².